The van der Waals surface area contributed by atoms with Crippen LogP contribution in [-0.2, 0) is 27.4 Å². The van der Waals surface area contributed by atoms with Crippen molar-refractivity contribution in [3.63, 3.8) is 0 Å². The molecule has 10 heteroatoms. The zero-order valence-electron chi connectivity index (χ0n) is 13.6. The molecule has 0 saturated heterocycles. The van der Waals surface area contributed by atoms with Gasteiger partial charge in [-0.1, -0.05) is 0 Å². The Morgan fingerprint density at radius 2 is 2.12 bits per heavy atom. The summed E-state index contributed by atoms with van der Waals surface area (Å²) in [4.78, 5) is 23.7. The molecule has 0 aliphatic heterocycles. The number of amides is 1. The zero-order valence-corrected chi connectivity index (χ0v) is 13.6. The molecule has 130 valence electrons. The second kappa shape index (κ2) is 8.11. The number of hydrogen-bond acceptors (Lipinski definition) is 7. The molecule has 0 aliphatic rings. The van der Waals surface area contributed by atoms with E-state index < -0.39 is 5.97 Å². The Bertz CT molecular complexity index is 708. The first kappa shape index (κ1) is 17.5. The van der Waals surface area contributed by atoms with E-state index in [1.54, 1.807) is 24.9 Å². The first-order chi connectivity index (χ1) is 11.5. The molecule has 0 fully saturated rings. The predicted octanol–water partition coefficient (Wildman–Crippen LogP) is 0.124. The second-order valence-electron chi connectivity index (χ2n) is 4.85. The number of rotatable bonds is 8. The van der Waals surface area contributed by atoms with E-state index in [1.165, 1.54) is 17.1 Å². The van der Waals surface area contributed by atoms with Gasteiger partial charge >= 0.3 is 5.97 Å². The Morgan fingerprint density at radius 1 is 1.33 bits per heavy atom. The van der Waals surface area contributed by atoms with Gasteiger partial charge in [0, 0.05) is 13.3 Å². The van der Waals surface area contributed by atoms with Crippen LogP contribution in [0.15, 0.2) is 18.6 Å². The van der Waals surface area contributed by atoms with Crippen LogP contribution in [0.5, 0.6) is 0 Å². The van der Waals surface area contributed by atoms with Gasteiger partial charge in [-0.2, -0.15) is 10.2 Å². The van der Waals surface area contributed by atoms with Crippen molar-refractivity contribution >= 4 is 23.4 Å². The van der Waals surface area contributed by atoms with Crippen molar-refractivity contribution in [1.82, 2.24) is 19.6 Å². The second-order valence-corrected chi connectivity index (χ2v) is 4.85. The third-order valence-electron chi connectivity index (χ3n) is 3.11. The lowest BCUT2D eigenvalue weighted by atomic mass is 10.3. The summed E-state index contributed by atoms with van der Waals surface area (Å²) in [6.45, 7) is 2.90. The van der Waals surface area contributed by atoms with E-state index >= 15 is 0 Å². The molecule has 1 amide bonds. The molecule has 3 N–H and O–H groups in total. The molecular weight excluding hydrogens is 316 g/mol. The molecule has 0 aliphatic carbocycles. The van der Waals surface area contributed by atoms with E-state index in [9.17, 15) is 9.59 Å². The van der Waals surface area contributed by atoms with Crippen LogP contribution in [0.1, 0.15) is 17.3 Å². The van der Waals surface area contributed by atoms with E-state index in [1.807, 2.05) is 0 Å². The maximum atomic E-state index is 12.1. The normalized spacial score (nSPS) is 10.6. The number of hydrogen-bond donors (Lipinski definition) is 2. The number of methoxy groups -OCH3 is 1. The highest BCUT2D eigenvalue weighted by atomic mass is 16.5. The van der Waals surface area contributed by atoms with Crippen LogP contribution in [-0.4, -0.2) is 51.8 Å². The standard InChI is InChI=1S/C14H20N6O4/c1-3-24-14(22)11-7-17-20(13(11)15)9-12(21)18-10-6-16-19(8-10)4-5-23-2/h6-8H,3-5,9,15H2,1-2H3,(H,18,21). The highest BCUT2D eigenvalue weighted by molar-refractivity contribution is 5.95. The summed E-state index contributed by atoms with van der Waals surface area (Å²) in [6.07, 6.45) is 4.50. The molecule has 2 heterocycles. The molecule has 10 nitrogen and oxygen atoms in total. The van der Waals surface area contributed by atoms with E-state index in [-0.39, 0.29) is 30.4 Å². The third-order valence-corrected chi connectivity index (χ3v) is 3.11. The molecule has 0 bridgehead atoms. The number of carbonyl (C=O) groups excluding carboxylic acids is 2. The molecule has 0 radical (unpaired) electrons. The summed E-state index contributed by atoms with van der Waals surface area (Å²) in [6, 6.07) is 0. The SMILES string of the molecule is CCOC(=O)c1cnn(CC(=O)Nc2cnn(CCOC)c2)c1N. The maximum Gasteiger partial charge on any atom is 0.343 e. The number of nitrogens with two attached hydrogens (primary N) is 1. The van der Waals surface area contributed by atoms with Crippen molar-refractivity contribution in [2.45, 2.75) is 20.0 Å². The lowest BCUT2D eigenvalue weighted by Gasteiger charge is -2.05. The van der Waals surface area contributed by atoms with Crippen molar-refractivity contribution in [2.24, 2.45) is 0 Å². The van der Waals surface area contributed by atoms with E-state index in [0.29, 0.717) is 18.8 Å². The molecule has 2 aromatic heterocycles. The molecular formula is C14H20N6O4. The van der Waals surface area contributed by atoms with Crippen LogP contribution in [0, 0.1) is 0 Å². The number of aromatic nitrogens is 4. The van der Waals surface area contributed by atoms with Crippen molar-refractivity contribution in [1.29, 1.82) is 0 Å². The van der Waals surface area contributed by atoms with Gasteiger partial charge in [0.1, 0.15) is 17.9 Å². The summed E-state index contributed by atoms with van der Waals surface area (Å²) in [5.74, 6) is -0.827. The number of nitrogens with one attached hydrogen (secondary N) is 1. The summed E-state index contributed by atoms with van der Waals surface area (Å²) in [7, 11) is 1.60. The zero-order chi connectivity index (χ0) is 17.5. The first-order valence-electron chi connectivity index (χ1n) is 7.34. The lowest BCUT2D eigenvalue weighted by Crippen LogP contribution is -2.21. The van der Waals surface area contributed by atoms with Gasteiger partial charge in [0.05, 0.1) is 37.8 Å². The van der Waals surface area contributed by atoms with Crippen LogP contribution >= 0.6 is 0 Å². The summed E-state index contributed by atoms with van der Waals surface area (Å²) in [5, 5.41) is 10.7. The molecule has 0 spiro atoms. The van der Waals surface area contributed by atoms with Gasteiger partial charge in [0.15, 0.2) is 0 Å². The fourth-order valence-electron chi connectivity index (χ4n) is 1.96. The van der Waals surface area contributed by atoms with Crippen LogP contribution < -0.4 is 11.1 Å². The Balaban J connectivity index is 1.95. The molecule has 0 saturated carbocycles. The molecule has 0 unspecified atom stereocenters. The number of anilines is 2. The number of carbonyl (C=O) groups is 2. The Hall–Kier alpha value is -2.88. The van der Waals surface area contributed by atoms with Crippen molar-refractivity contribution < 1.29 is 19.1 Å². The minimum Gasteiger partial charge on any atom is -0.462 e. The highest BCUT2D eigenvalue weighted by Crippen LogP contribution is 2.13. The largest absolute Gasteiger partial charge is 0.462 e. The van der Waals surface area contributed by atoms with Gasteiger partial charge in [-0.15, -0.1) is 0 Å². The maximum absolute atomic E-state index is 12.1. The monoisotopic (exact) mass is 336 g/mol. The van der Waals surface area contributed by atoms with Crippen LogP contribution in [0.2, 0.25) is 0 Å². The highest BCUT2D eigenvalue weighted by Gasteiger charge is 2.17. The van der Waals surface area contributed by atoms with Crippen molar-refractivity contribution in [3.05, 3.63) is 24.2 Å². The topological polar surface area (TPSA) is 126 Å². The molecule has 24 heavy (non-hydrogen) atoms. The Morgan fingerprint density at radius 3 is 2.83 bits per heavy atom. The number of ether oxygens (including phenoxy) is 2. The number of nitrogen functional groups attached to an aromatic ring is 1. The minimum absolute atomic E-state index is 0.0828. The summed E-state index contributed by atoms with van der Waals surface area (Å²) >= 11 is 0. The van der Waals surface area contributed by atoms with E-state index in [2.05, 4.69) is 15.5 Å². The Labute approximate surface area is 138 Å². The van der Waals surface area contributed by atoms with Gasteiger partial charge < -0.3 is 20.5 Å². The molecule has 0 atom stereocenters. The van der Waals surface area contributed by atoms with Crippen LogP contribution in [0.4, 0.5) is 11.5 Å². The van der Waals surface area contributed by atoms with Gasteiger partial charge in [-0.3, -0.25) is 9.48 Å². The van der Waals surface area contributed by atoms with E-state index in [4.69, 9.17) is 15.2 Å². The fraction of sp³-hybridized carbons (Fsp3) is 0.429. The van der Waals surface area contributed by atoms with Crippen LogP contribution in [0.25, 0.3) is 0 Å². The molecule has 2 rings (SSSR count). The van der Waals surface area contributed by atoms with Gasteiger partial charge in [0.25, 0.3) is 0 Å². The number of nitrogens with zero attached hydrogens (tertiary/aromatic N) is 4. The average molecular weight is 336 g/mol. The van der Waals surface area contributed by atoms with Crippen molar-refractivity contribution in [2.75, 3.05) is 31.4 Å². The fourth-order valence-corrected chi connectivity index (χ4v) is 1.96. The smallest absolute Gasteiger partial charge is 0.343 e. The predicted molar refractivity (Wildman–Crippen MR) is 85.3 cm³/mol. The summed E-state index contributed by atoms with van der Waals surface area (Å²) in [5.41, 5.74) is 6.51. The Kier molecular flexibility index (Phi) is 5.90. The first-order valence-corrected chi connectivity index (χ1v) is 7.34. The molecule has 2 aromatic rings. The average Bonchev–Trinajstić information content (AvgIpc) is 3.13. The van der Waals surface area contributed by atoms with Gasteiger partial charge in [-0.25, -0.2) is 9.48 Å². The lowest BCUT2D eigenvalue weighted by molar-refractivity contribution is -0.116. The van der Waals surface area contributed by atoms with Crippen LogP contribution in [0.3, 0.4) is 0 Å². The quantitative estimate of drug-likeness (QED) is 0.656. The molecule has 0 aromatic carbocycles. The van der Waals surface area contributed by atoms with Gasteiger partial charge in [0.2, 0.25) is 5.91 Å². The summed E-state index contributed by atoms with van der Waals surface area (Å²) < 4.78 is 12.7. The van der Waals surface area contributed by atoms with Crippen molar-refractivity contribution in [3.8, 4) is 0 Å². The van der Waals surface area contributed by atoms with E-state index in [0.717, 1.165) is 0 Å². The number of esters is 1. The minimum atomic E-state index is -0.568. The third kappa shape index (κ3) is 4.32. The van der Waals surface area contributed by atoms with Gasteiger partial charge in [-0.05, 0) is 6.92 Å².